The predicted octanol–water partition coefficient (Wildman–Crippen LogP) is 4.97. The number of hydrogen-bond donors (Lipinski definition) is 4. The van der Waals surface area contributed by atoms with E-state index in [1.54, 1.807) is 14.1 Å². The summed E-state index contributed by atoms with van der Waals surface area (Å²) >= 11 is 0. The Balaban J connectivity index is 4.53. The molecule has 0 saturated heterocycles. The van der Waals surface area contributed by atoms with Crippen LogP contribution in [-0.2, 0) is 9.59 Å². The van der Waals surface area contributed by atoms with Crippen molar-refractivity contribution in [3.8, 4) is 0 Å². The van der Waals surface area contributed by atoms with Crippen LogP contribution in [0, 0.1) is 0 Å². The van der Waals surface area contributed by atoms with Gasteiger partial charge in [-0.3, -0.25) is 14.5 Å². The minimum absolute atomic E-state index is 0.00375. The quantitative estimate of drug-likeness (QED) is 0.112. The largest absolute Gasteiger partial charge is 0.392 e. The number of hydrogen-bond acceptors (Lipinski definition) is 6. The summed E-state index contributed by atoms with van der Waals surface area (Å²) in [6.07, 6.45) is 16.7. The molecule has 4 N–H and O–H groups in total. The maximum atomic E-state index is 12.1. The highest BCUT2D eigenvalue weighted by Crippen LogP contribution is 2.13. The molecule has 0 aliphatic heterocycles. The van der Waals surface area contributed by atoms with Gasteiger partial charge in [0.25, 0.3) is 0 Å². The molecular formula is C30H61N3O4. The van der Waals surface area contributed by atoms with Gasteiger partial charge in [-0.25, -0.2) is 0 Å². The second-order valence-electron chi connectivity index (χ2n) is 10.8. The Kier molecular flexibility index (Phi) is 24.6. The SMILES string of the molecule is CCCCCCCCC(O)CN(CCCCC(NC)C(=O)NC)CC(O)CCCC(=O)CCCCCC. The van der Waals surface area contributed by atoms with Gasteiger partial charge in [0, 0.05) is 33.0 Å². The molecule has 0 aliphatic carbocycles. The molecule has 0 radical (unpaired) electrons. The molecule has 1 amide bonds. The van der Waals surface area contributed by atoms with Crippen LogP contribution in [0.3, 0.4) is 0 Å². The normalized spacial score (nSPS) is 14.0. The summed E-state index contributed by atoms with van der Waals surface area (Å²) in [6, 6.07) is -0.193. The Morgan fingerprint density at radius 3 is 1.78 bits per heavy atom. The summed E-state index contributed by atoms with van der Waals surface area (Å²) < 4.78 is 0. The van der Waals surface area contributed by atoms with E-state index >= 15 is 0 Å². The first-order valence-corrected chi connectivity index (χ1v) is 15.4. The number of carbonyl (C=O) groups excluding carboxylic acids is 2. The van der Waals surface area contributed by atoms with Gasteiger partial charge in [0.1, 0.15) is 5.78 Å². The molecule has 3 unspecified atom stereocenters. The van der Waals surface area contributed by atoms with Crippen LogP contribution in [-0.4, -0.2) is 78.8 Å². The van der Waals surface area contributed by atoms with Crippen molar-refractivity contribution in [2.24, 2.45) is 0 Å². The number of aliphatic hydroxyl groups is 2. The fraction of sp³-hybridized carbons (Fsp3) is 0.933. The van der Waals surface area contributed by atoms with Crippen LogP contribution in [0.5, 0.6) is 0 Å². The van der Waals surface area contributed by atoms with Gasteiger partial charge < -0.3 is 20.8 Å². The fourth-order valence-electron chi connectivity index (χ4n) is 4.87. The van der Waals surface area contributed by atoms with Gasteiger partial charge in [-0.15, -0.1) is 0 Å². The molecule has 0 aromatic carbocycles. The number of unbranched alkanes of at least 4 members (excludes halogenated alkanes) is 9. The van der Waals surface area contributed by atoms with E-state index < -0.39 is 6.10 Å². The molecule has 0 aromatic rings. The molecular weight excluding hydrogens is 466 g/mol. The lowest BCUT2D eigenvalue weighted by molar-refractivity contribution is -0.122. The lowest BCUT2D eigenvalue weighted by Crippen LogP contribution is -2.41. The van der Waals surface area contributed by atoms with Gasteiger partial charge in [0.2, 0.25) is 5.91 Å². The molecule has 0 rings (SSSR count). The molecule has 3 atom stereocenters. The molecule has 0 heterocycles. The van der Waals surface area contributed by atoms with Crippen LogP contribution in [0.1, 0.15) is 129 Å². The number of nitrogens with zero attached hydrogens (tertiary/aromatic N) is 1. The molecule has 0 fully saturated rings. The average molecular weight is 528 g/mol. The summed E-state index contributed by atoms with van der Waals surface area (Å²) in [4.78, 5) is 26.2. The minimum atomic E-state index is -0.495. The van der Waals surface area contributed by atoms with Crippen molar-refractivity contribution in [1.29, 1.82) is 0 Å². The van der Waals surface area contributed by atoms with Crippen molar-refractivity contribution in [3.05, 3.63) is 0 Å². The molecule has 7 heteroatoms. The number of nitrogens with one attached hydrogen (secondary N) is 2. The van der Waals surface area contributed by atoms with E-state index in [9.17, 15) is 19.8 Å². The van der Waals surface area contributed by atoms with E-state index in [4.69, 9.17) is 0 Å². The third-order valence-corrected chi connectivity index (χ3v) is 7.26. The predicted molar refractivity (Wildman–Crippen MR) is 155 cm³/mol. The molecule has 0 bridgehead atoms. The van der Waals surface area contributed by atoms with E-state index in [0.717, 1.165) is 64.3 Å². The number of likely N-dealkylation sites (N-methyl/N-ethyl adjacent to an activating group) is 2. The number of Topliss-reactive ketones (excluding diaryl/α,β-unsaturated/α-hetero) is 1. The summed E-state index contributed by atoms with van der Waals surface area (Å²) in [5.74, 6) is 0.314. The summed E-state index contributed by atoms with van der Waals surface area (Å²) in [5, 5.41) is 27.1. The maximum Gasteiger partial charge on any atom is 0.236 e. The Bertz CT molecular complexity index is 547. The van der Waals surface area contributed by atoms with E-state index in [2.05, 4.69) is 29.4 Å². The molecule has 0 spiro atoms. The zero-order valence-electron chi connectivity index (χ0n) is 24.7. The van der Waals surface area contributed by atoms with Crippen molar-refractivity contribution in [3.63, 3.8) is 0 Å². The average Bonchev–Trinajstić information content (AvgIpc) is 2.88. The lowest BCUT2D eigenvalue weighted by Gasteiger charge is -2.27. The highest BCUT2D eigenvalue weighted by Gasteiger charge is 2.18. The molecule has 220 valence electrons. The van der Waals surface area contributed by atoms with Crippen molar-refractivity contribution in [1.82, 2.24) is 15.5 Å². The Morgan fingerprint density at radius 1 is 0.676 bits per heavy atom. The van der Waals surface area contributed by atoms with Gasteiger partial charge in [0.05, 0.1) is 18.2 Å². The van der Waals surface area contributed by atoms with Gasteiger partial charge in [0.15, 0.2) is 0 Å². The molecule has 7 nitrogen and oxygen atoms in total. The second-order valence-corrected chi connectivity index (χ2v) is 10.8. The zero-order chi connectivity index (χ0) is 27.7. The van der Waals surface area contributed by atoms with Crippen molar-refractivity contribution < 1.29 is 19.8 Å². The second kappa shape index (κ2) is 25.3. The van der Waals surface area contributed by atoms with E-state index in [1.807, 2.05) is 0 Å². The number of amides is 1. The van der Waals surface area contributed by atoms with Crippen LogP contribution in [0.25, 0.3) is 0 Å². The fourth-order valence-corrected chi connectivity index (χ4v) is 4.87. The highest BCUT2D eigenvalue weighted by molar-refractivity contribution is 5.81. The topological polar surface area (TPSA) is 102 Å². The van der Waals surface area contributed by atoms with E-state index in [0.29, 0.717) is 38.1 Å². The van der Waals surface area contributed by atoms with Crippen LogP contribution in [0.15, 0.2) is 0 Å². The minimum Gasteiger partial charge on any atom is -0.392 e. The van der Waals surface area contributed by atoms with Crippen LogP contribution < -0.4 is 10.6 Å². The summed E-state index contributed by atoms with van der Waals surface area (Å²) in [7, 11) is 3.46. The molecule has 0 saturated carbocycles. The third kappa shape index (κ3) is 21.6. The summed E-state index contributed by atoms with van der Waals surface area (Å²) in [6.45, 7) is 6.25. The molecule has 37 heavy (non-hydrogen) atoms. The van der Waals surface area contributed by atoms with E-state index in [-0.39, 0.29) is 18.1 Å². The number of aliphatic hydroxyl groups excluding tert-OH is 2. The first kappa shape index (κ1) is 36.0. The van der Waals surface area contributed by atoms with Crippen LogP contribution in [0.4, 0.5) is 0 Å². The van der Waals surface area contributed by atoms with Crippen molar-refractivity contribution >= 4 is 11.7 Å². The Morgan fingerprint density at radius 2 is 1.19 bits per heavy atom. The number of ketones is 1. The first-order chi connectivity index (χ1) is 17.9. The van der Waals surface area contributed by atoms with Gasteiger partial charge in [-0.2, -0.15) is 0 Å². The van der Waals surface area contributed by atoms with Gasteiger partial charge in [-0.05, 0) is 52.1 Å². The van der Waals surface area contributed by atoms with Gasteiger partial charge >= 0.3 is 0 Å². The monoisotopic (exact) mass is 527 g/mol. The Hall–Kier alpha value is -1.02. The Labute approximate surface area is 228 Å². The zero-order valence-corrected chi connectivity index (χ0v) is 24.7. The third-order valence-electron chi connectivity index (χ3n) is 7.26. The smallest absolute Gasteiger partial charge is 0.236 e. The molecule has 0 aliphatic rings. The van der Waals surface area contributed by atoms with E-state index in [1.165, 1.54) is 38.5 Å². The van der Waals surface area contributed by atoms with Crippen LogP contribution >= 0.6 is 0 Å². The van der Waals surface area contributed by atoms with Gasteiger partial charge in [-0.1, -0.05) is 78.1 Å². The van der Waals surface area contributed by atoms with Crippen LogP contribution in [0.2, 0.25) is 0 Å². The summed E-state index contributed by atoms with van der Waals surface area (Å²) in [5.41, 5.74) is 0. The first-order valence-electron chi connectivity index (χ1n) is 15.4. The number of carbonyl (C=O) groups is 2. The van der Waals surface area contributed by atoms with Crippen molar-refractivity contribution in [2.75, 3.05) is 33.7 Å². The van der Waals surface area contributed by atoms with Crippen molar-refractivity contribution in [2.45, 2.75) is 148 Å². The maximum absolute atomic E-state index is 12.1. The lowest BCUT2D eigenvalue weighted by atomic mass is 10.0. The highest BCUT2D eigenvalue weighted by atomic mass is 16.3. The molecule has 0 aromatic heterocycles. The number of rotatable bonds is 27. The standard InChI is InChI=1S/C30H61N3O4/c1-5-7-9-11-12-14-19-27(35)24-33(23-16-15-22-29(31-3)30(37)32-4)25-28(36)21-17-20-26(34)18-13-10-8-6-2/h27-29,31,35-36H,5-25H2,1-4H3,(H,32,37).